The Morgan fingerprint density at radius 3 is 2.67 bits per heavy atom. The summed E-state index contributed by atoms with van der Waals surface area (Å²) in [6.45, 7) is 0. The maximum Gasteiger partial charge on any atom is 0.0958 e. The standard InChI is InChI=1S/C14H11ClN2S/c15-14(13-7-4-8-18-13)11-9-16-17(10-11)12-5-2-1-3-6-12/h1-10,14H. The van der Waals surface area contributed by atoms with Gasteiger partial charge < -0.3 is 0 Å². The molecule has 1 atom stereocenters. The van der Waals surface area contributed by atoms with Crippen LogP contribution in [0.25, 0.3) is 5.69 Å². The molecule has 2 aromatic heterocycles. The molecule has 0 saturated heterocycles. The molecule has 18 heavy (non-hydrogen) atoms. The van der Waals surface area contributed by atoms with Crippen LogP contribution in [0.1, 0.15) is 15.8 Å². The van der Waals surface area contributed by atoms with Crippen LogP contribution in [0.15, 0.2) is 60.2 Å². The zero-order valence-electron chi connectivity index (χ0n) is 9.53. The Bertz CT molecular complexity index is 616. The zero-order valence-corrected chi connectivity index (χ0v) is 11.1. The van der Waals surface area contributed by atoms with Crippen molar-refractivity contribution in [1.82, 2.24) is 9.78 Å². The van der Waals surface area contributed by atoms with Crippen LogP contribution in [0.4, 0.5) is 0 Å². The third-order valence-electron chi connectivity index (χ3n) is 2.71. The van der Waals surface area contributed by atoms with Crippen molar-refractivity contribution in [3.8, 4) is 5.69 Å². The average molecular weight is 275 g/mol. The largest absolute Gasteiger partial charge is 0.241 e. The highest BCUT2D eigenvalue weighted by Crippen LogP contribution is 2.31. The third kappa shape index (κ3) is 2.19. The SMILES string of the molecule is ClC(c1cnn(-c2ccccc2)c1)c1cccs1. The molecule has 0 N–H and O–H groups in total. The lowest BCUT2D eigenvalue weighted by Crippen LogP contribution is -1.93. The van der Waals surface area contributed by atoms with Crippen molar-refractivity contribution in [3.05, 3.63) is 70.7 Å². The van der Waals surface area contributed by atoms with Crippen molar-refractivity contribution < 1.29 is 0 Å². The van der Waals surface area contributed by atoms with Gasteiger partial charge >= 0.3 is 0 Å². The van der Waals surface area contributed by atoms with Crippen molar-refractivity contribution in [2.45, 2.75) is 5.38 Å². The van der Waals surface area contributed by atoms with Crippen LogP contribution in [0.5, 0.6) is 0 Å². The number of halogens is 1. The average Bonchev–Trinajstić information content (AvgIpc) is 3.10. The van der Waals surface area contributed by atoms with Gasteiger partial charge in [-0.15, -0.1) is 22.9 Å². The fourth-order valence-electron chi connectivity index (χ4n) is 1.79. The van der Waals surface area contributed by atoms with Crippen molar-refractivity contribution in [2.75, 3.05) is 0 Å². The monoisotopic (exact) mass is 274 g/mol. The molecule has 0 amide bonds. The molecule has 2 heterocycles. The first-order chi connectivity index (χ1) is 8.84. The van der Waals surface area contributed by atoms with Gasteiger partial charge in [-0.3, -0.25) is 0 Å². The van der Waals surface area contributed by atoms with E-state index in [0.29, 0.717) is 0 Å². The normalized spacial score (nSPS) is 12.5. The molecule has 0 radical (unpaired) electrons. The minimum Gasteiger partial charge on any atom is -0.241 e. The Morgan fingerprint density at radius 2 is 1.94 bits per heavy atom. The van der Waals surface area contributed by atoms with E-state index in [2.05, 4.69) is 5.10 Å². The molecule has 3 aromatic rings. The van der Waals surface area contributed by atoms with Gasteiger partial charge in [0.2, 0.25) is 0 Å². The molecule has 0 aliphatic carbocycles. The number of hydrogen-bond donors (Lipinski definition) is 0. The predicted molar refractivity (Wildman–Crippen MR) is 75.6 cm³/mol. The summed E-state index contributed by atoms with van der Waals surface area (Å²) in [5, 5.41) is 6.27. The molecule has 1 aromatic carbocycles. The van der Waals surface area contributed by atoms with Crippen molar-refractivity contribution >= 4 is 22.9 Å². The van der Waals surface area contributed by atoms with E-state index < -0.39 is 0 Å². The highest BCUT2D eigenvalue weighted by atomic mass is 35.5. The lowest BCUT2D eigenvalue weighted by atomic mass is 10.2. The van der Waals surface area contributed by atoms with E-state index in [9.17, 15) is 0 Å². The van der Waals surface area contributed by atoms with Gasteiger partial charge in [0.05, 0.1) is 17.3 Å². The molecule has 0 saturated carbocycles. The van der Waals surface area contributed by atoms with Gasteiger partial charge in [-0.05, 0) is 23.6 Å². The summed E-state index contributed by atoms with van der Waals surface area (Å²) in [5.41, 5.74) is 2.06. The van der Waals surface area contributed by atoms with E-state index in [1.165, 1.54) is 0 Å². The molecule has 0 fully saturated rings. The quantitative estimate of drug-likeness (QED) is 0.653. The summed E-state index contributed by atoms with van der Waals surface area (Å²) in [4.78, 5) is 1.14. The summed E-state index contributed by atoms with van der Waals surface area (Å²) in [7, 11) is 0. The van der Waals surface area contributed by atoms with E-state index >= 15 is 0 Å². The summed E-state index contributed by atoms with van der Waals surface area (Å²) in [6.07, 6.45) is 3.80. The number of rotatable bonds is 3. The topological polar surface area (TPSA) is 17.8 Å². The van der Waals surface area contributed by atoms with E-state index in [1.54, 1.807) is 11.3 Å². The van der Waals surface area contributed by atoms with Gasteiger partial charge in [0, 0.05) is 16.6 Å². The third-order valence-corrected chi connectivity index (χ3v) is 4.26. The van der Waals surface area contributed by atoms with E-state index in [-0.39, 0.29) is 5.38 Å². The second kappa shape index (κ2) is 4.96. The number of nitrogens with zero attached hydrogens (tertiary/aromatic N) is 2. The van der Waals surface area contributed by atoms with Gasteiger partial charge in [0.25, 0.3) is 0 Å². The van der Waals surface area contributed by atoms with Crippen LogP contribution in [-0.2, 0) is 0 Å². The minimum absolute atomic E-state index is 0.123. The first-order valence-electron chi connectivity index (χ1n) is 5.62. The Hall–Kier alpha value is -1.58. The Kier molecular flexibility index (Phi) is 3.17. The number of para-hydroxylation sites is 1. The Labute approximate surface area is 114 Å². The van der Waals surface area contributed by atoms with Crippen LogP contribution in [-0.4, -0.2) is 9.78 Å². The van der Waals surface area contributed by atoms with Gasteiger partial charge in [-0.25, -0.2) is 4.68 Å². The highest BCUT2D eigenvalue weighted by molar-refractivity contribution is 7.10. The number of aromatic nitrogens is 2. The van der Waals surface area contributed by atoms with Crippen LogP contribution in [0.2, 0.25) is 0 Å². The van der Waals surface area contributed by atoms with Gasteiger partial charge in [-0.2, -0.15) is 5.10 Å². The molecular formula is C14H11ClN2S. The second-order valence-electron chi connectivity index (χ2n) is 3.93. The molecule has 0 bridgehead atoms. The van der Waals surface area contributed by atoms with Gasteiger partial charge in [0.1, 0.15) is 0 Å². The molecule has 90 valence electrons. The molecule has 0 spiro atoms. The molecule has 0 aliphatic rings. The second-order valence-corrected chi connectivity index (χ2v) is 5.35. The summed E-state index contributed by atoms with van der Waals surface area (Å²) >= 11 is 8.09. The highest BCUT2D eigenvalue weighted by Gasteiger charge is 2.14. The molecule has 4 heteroatoms. The first kappa shape index (κ1) is 11.5. The Balaban J connectivity index is 1.90. The van der Waals surface area contributed by atoms with Crippen LogP contribution < -0.4 is 0 Å². The van der Waals surface area contributed by atoms with Crippen molar-refractivity contribution in [2.24, 2.45) is 0 Å². The maximum absolute atomic E-state index is 6.43. The molecule has 3 rings (SSSR count). The van der Waals surface area contributed by atoms with Crippen LogP contribution >= 0.6 is 22.9 Å². The minimum atomic E-state index is -0.123. The van der Waals surface area contributed by atoms with Crippen molar-refractivity contribution in [1.29, 1.82) is 0 Å². The fraction of sp³-hybridized carbons (Fsp3) is 0.0714. The van der Waals surface area contributed by atoms with E-state index in [0.717, 1.165) is 16.1 Å². The zero-order chi connectivity index (χ0) is 12.4. The van der Waals surface area contributed by atoms with E-state index in [4.69, 9.17) is 11.6 Å². The summed E-state index contributed by atoms with van der Waals surface area (Å²) in [6, 6.07) is 14.1. The number of alkyl halides is 1. The molecular weight excluding hydrogens is 264 g/mol. The maximum atomic E-state index is 6.43. The van der Waals surface area contributed by atoms with Gasteiger partial charge in [0.15, 0.2) is 0 Å². The summed E-state index contributed by atoms with van der Waals surface area (Å²) < 4.78 is 1.85. The van der Waals surface area contributed by atoms with Crippen molar-refractivity contribution in [3.63, 3.8) is 0 Å². The molecule has 2 nitrogen and oxygen atoms in total. The van der Waals surface area contributed by atoms with E-state index in [1.807, 2.05) is 64.9 Å². The number of benzene rings is 1. The lowest BCUT2D eigenvalue weighted by Gasteiger charge is -2.03. The summed E-state index contributed by atoms with van der Waals surface area (Å²) in [5.74, 6) is 0. The van der Waals surface area contributed by atoms with Crippen LogP contribution in [0.3, 0.4) is 0 Å². The predicted octanol–water partition coefficient (Wildman–Crippen LogP) is 4.26. The number of hydrogen-bond acceptors (Lipinski definition) is 2. The first-order valence-corrected chi connectivity index (χ1v) is 6.93. The molecule has 1 unspecified atom stereocenters. The lowest BCUT2D eigenvalue weighted by molar-refractivity contribution is 0.880. The number of thiophene rings is 1. The fourth-order valence-corrected chi connectivity index (χ4v) is 2.86. The molecule has 0 aliphatic heterocycles. The Morgan fingerprint density at radius 1 is 1.11 bits per heavy atom. The van der Waals surface area contributed by atoms with Gasteiger partial charge in [-0.1, -0.05) is 24.3 Å². The van der Waals surface area contributed by atoms with Crippen LogP contribution in [0, 0.1) is 0 Å². The smallest absolute Gasteiger partial charge is 0.0958 e.